The van der Waals surface area contributed by atoms with Crippen molar-refractivity contribution in [3.63, 3.8) is 0 Å². The number of likely N-dealkylation sites (tertiary alicyclic amines) is 1. The fraction of sp³-hybridized carbons (Fsp3) is 0.929. The van der Waals surface area contributed by atoms with Crippen molar-refractivity contribution in [2.24, 2.45) is 0 Å². The minimum atomic E-state index is -0.489. The molecule has 102 valence electrons. The zero-order valence-corrected chi connectivity index (χ0v) is 11.5. The quantitative estimate of drug-likeness (QED) is 0.770. The molecule has 0 aromatic carbocycles. The third-order valence-electron chi connectivity index (χ3n) is 4.07. The monoisotopic (exact) mass is 252 g/mol. The molecule has 0 aromatic heterocycles. The van der Waals surface area contributed by atoms with E-state index in [9.17, 15) is 0 Å². The van der Waals surface area contributed by atoms with E-state index in [1.165, 1.54) is 25.8 Å². The Bertz CT molecular complexity index is 315. The number of rotatable bonds is 4. The fourth-order valence-electron chi connectivity index (χ4n) is 3.13. The Labute approximate surface area is 110 Å². The number of piperidine rings is 1. The van der Waals surface area contributed by atoms with Crippen LogP contribution in [0.15, 0.2) is 0 Å². The first-order valence-electron chi connectivity index (χ1n) is 7.09. The first-order valence-corrected chi connectivity index (χ1v) is 7.09. The Morgan fingerprint density at radius 2 is 2.28 bits per heavy atom. The molecule has 0 radical (unpaired) electrons. The minimum absolute atomic E-state index is 0.0429. The molecule has 0 saturated carbocycles. The van der Waals surface area contributed by atoms with E-state index in [-0.39, 0.29) is 6.10 Å². The molecule has 2 heterocycles. The van der Waals surface area contributed by atoms with E-state index in [0.717, 1.165) is 13.0 Å². The molecule has 3 unspecified atom stereocenters. The van der Waals surface area contributed by atoms with Crippen LogP contribution >= 0.6 is 0 Å². The maximum Gasteiger partial charge on any atom is 0.167 e. The Balaban J connectivity index is 1.90. The molecule has 2 rings (SSSR count). The van der Waals surface area contributed by atoms with Crippen LogP contribution in [0.3, 0.4) is 0 Å². The van der Waals surface area contributed by atoms with Crippen molar-refractivity contribution >= 4 is 0 Å². The molecule has 2 saturated heterocycles. The molecule has 3 atom stereocenters. The molecular weight excluding hydrogens is 228 g/mol. The third-order valence-corrected chi connectivity index (χ3v) is 4.07. The van der Waals surface area contributed by atoms with E-state index in [1.807, 2.05) is 6.92 Å². The van der Waals surface area contributed by atoms with Gasteiger partial charge in [0.25, 0.3) is 0 Å². The summed E-state index contributed by atoms with van der Waals surface area (Å²) in [5, 5.41) is 8.70. The summed E-state index contributed by atoms with van der Waals surface area (Å²) >= 11 is 0. The van der Waals surface area contributed by atoms with Gasteiger partial charge in [-0.05, 0) is 32.9 Å². The largest absolute Gasteiger partial charge is 0.347 e. The Hall–Kier alpha value is -0.630. The molecule has 0 bridgehead atoms. The predicted octanol–water partition coefficient (Wildman–Crippen LogP) is 2.30. The summed E-state index contributed by atoms with van der Waals surface area (Å²) in [7, 11) is 0. The van der Waals surface area contributed by atoms with Crippen LogP contribution in [0.5, 0.6) is 0 Å². The van der Waals surface area contributed by atoms with Crippen molar-refractivity contribution < 1.29 is 9.47 Å². The molecule has 4 heteroatoms. The SMILES string of the molecule is CCN1CCCCC1CC1(C)OCC(CC#N)O1. The second-order valence-corrected chi connectivity index (χ2v) is 5.53. The van der Waals surface area contributed by atoms with Gasteiger partial charge in [0.2, 0.25) is 0 Å². The standard InChI is InChI=1S/C14H24N2O2/c1-3-16-9-5-4-6-12(16)10-14(2)17-11-13(18-14)7-8-15/h12-13H,3-7,9-11H2,1-2H3. The summed E-state index contributed by atoms with van der Waals surface area (Å²) in [6, 6.07) is 2.72. The average molecular weight is 252 g/mol. The van der Waals surface area contributed by atoms with E-state index in [4.69, 9.17) is 14.7 Å². The van der Waals surface area contributed by atoms with Crippen LogP contribution < -0.4 is 0 Å². The van der Waals surface area contributed by atoms with Gasteiger partial charge in [-0.2, -0.15) is 5.26 Å². The van der Waals surface area contributed by atoms with Crippen molar-refractivity contribution in [1.29, 1.82) is 5.26 Å². The second-order valence-electron chi connectivity index (χ2n) is 5.53. The highest BCUT2D eigenvalue weighted by Gasteiger charge is 2.40. The summed E-state index contributed by atoms with van der Waals surface area (Å²) < 4.78 is 11.7. The molecule has 2 aliphatic rings. The maximum atomic E-state index is 8.70. The van der Waals surface area contributed by atoms with Crippen LogP contribution in [0, 0.1) is 11.3 Å². The third kappa shape index (κ3) is 3.23. The van der Waals surface area contributed by atoms with Crippen LogP contribution in [0.1, 0.15) is 46.0 Å². The van der Waals surface area contributed by atoms with Crippen LogP contribution in [0.4, 0.5) is 0 Å². The van der Waals surface area contributed by atoms with Gasteiger partial charge in [-0.15, -0.1) is 0 Å². The van der Waals surface area contributed by atoms with Crippen LogP contribution in [-0.2, 0) is 9.47 Å². The van der Waals surface area contributed by atoms with Crippen molar-refractivity contribution in [2.75, 3.05) is 19.7 Å². The molecular formula is C14H24N2O2. The van der Waals surface area contributed by atoms with Gasteiger partial charge in [-0.3, -0.25) is 0 Å². The minimum Gasteiger partial charge on any atom is -0.347 e. The summed E-state index contributed by atoms with van der Waals surface area (Å²) in [5.74, 6) is -0.489. The molecule has 0 aliphatic carbocycles. The Morgan fingerprint density at radius 1 is 1.44 bits per heavy atom. The number of hydrogen-bond donors (Lipinski definition) is 0. The zero-order valence-electron chi connectivity index (χ0n) is 11.5. The molecule has 4 nitrogen and oxygen atoms in total. The lowest BCUT2D eigenvalue weighted by Gasteiger charge is -2.38. The number of hydrogen-bond acceptors (Lipinski definition) is 4. The lowest BCUT2D eigenvalue weighted by atomic mass is 9.96. The van der Waals surface area contributed by atoms with Gasteiger partial charge in [-0.25, -0.2) is 0 Å². The molecule has 18 heavy (non-hydrogen) atoms. The van der Waals surface area contributed by atoms with Gasteiger partial charge < -0.3 is 14.4 Å². The Morgan fingerprint density at radius 3 is 3.00 bits per heavy atom. The van der Waals surface area contributed by atoms with E-state index >= 15 is 0 Å². The molecule has 0 aromatic rings. The normalized spacial score (nSPS) is 37.6. The van der Waals surface area contributed by atoms with E-state index < -0.39 is 5.79 Å². The van der Waals surface area contributed by atoms with Gasteiger partial charge in [-0.1, -0.05) is 13.3 Å². The van der Waals surface area contributed by atoms with Crippen LogP contribution in [-0.4, -0.2) is 42.5 Å². The lowest BCUT2D eigenvalue weighted by molar-refractivity contribution is -0.169. The molecule has 0 amide bonds. The summed E-state index contributed by atoms with van der Waals surface area (Å²) in [6.07, 6.45) is 5.15. The van der Waals surface area contributed by atoms with Crippen molar-refractivity contribution in [3.8, 4) is 6.07 Å². The maximum absolute atomic E-state index is 8.70. The number of nitriles is 1. The van der Waals surface area contributed by atoms with Gasteiger partial charge in [0.05, 0.1) is 25.2 Å². The first-order chi connectivity index (χ1) is 8.67. The van der Waals surface area contributed by atoms with Gasteiger partial charge in [0, 0.05) is 12.5 Å². The number of ether oxygens (including phenoxy) is 2. The summed E-state index contributed by atoms with van der Waals surface area (Å²) in [5.41, 5.74) is 0. The topological polar surface area (TPSA) is 45.5 Å². The van der Waals surface area contributed by atoms with E-state index in [2.05, 4.69) is 17.9 Å². The van der Waals surface area contributed by atoms with E-state index in [0.29, 0.717) is 19.1 Å². The van der Waals surface area contributed by atoms with E-state index in [1.54, 1.807) is 0 Å². The lowest BCUT2D eigenvalue weighted by Crippen LogP contribution is -2.44. The Kier molecular flexibility index (Phi) is 4.60. The molecule has 2 aliphatic heterocycles. The molecule has 2 fully saturated rings. The van der Waals surface area contributed by atoms with Gasteiger partial charge in [0.1, 0.15) is 0 Å². The molecule has 0 N–H and O–H groups in total. The predicted molar refractivity (Wildman–Crippen MR) is 69.0 cm³/mol. The van der Waals surface area contributed by atoms with Crippen molar-refractivity contribution in [1.82, 2.24) is 4.90 Å². The smallest absolute Gasteiger partial charge is 0.167 e. The van der Waals surface area contributed by atoms with Crippen LogP contribution in [0.25, 0.3) is 0 Å². The summed E-state index contributed by atoms with van der Waals surface area (Å²) in [6.45, 7) is 7.09. The highest BCUT2D eigenvalue weighted by Crippen LogP contribution is 2.33. The number of nitrogens with zero attached hydrogens (tertiary/aromatic N) is 2. The first kappa shape index (κ1) is 13.8. The zero-order chi connectivity index (χ0) is 13.0. The average Bonchev–Trinajstić information content (AvgIpc) is 2.72. The molecule has 0 spiro atoms. The van der Waals surface area contributed by atoms with Crippen LogP contribution in [0.2, 0.25) is 0 Å². The second kappa shape index (κ2) is 6.01. The van der Waals surface area contributed by atoms with Gasteiger partial charge in [0.15, 0.2) is 5.79 Å². The highest BCUT2D eigenvalue weighted by atomic mass is 16.7. The summed E-state index contributed by atoms with van der Waals surface area (Å²) in [4.78, 5) is 2.53. The van der Waals surface area contributed by atoms with Gasteiger partial charge >= 0.3 is 0 Å². The van der Waals surface area contributed by atoms with Crippen molar-refractivity contribution in [3.05, 3.63) is 0 Å². The fourth-order valence-corrected chi connectivity index (χ4v) is 3.13. The van der Waals surface area contributed by atoms with Crippen molar-refractivity contribution in [2.45, 2.75) is 63.9 Å². The highest BCUT2D eigenvalue weighted by molar-refractivity contribution is 4.87.